The van der Waals surface area contributed by atoms with Crippen molar-refractivity contribution in [1.29, 1.82) is 0 Å². The molecule has 1 aliphatic carbocycles. The Labute approximate surface area is 159 Å². The maximum atomic E-state index is 12.6. The van der Waals surface area contributed by atoms with Crippen LogP contribution in [0.15, 0.2) is 24.3 Å². The Balaban J connectivity index is 1.40. The van der Waals surface area contributed by atoms with Gasteiger partial charge >= 0.3 is 5.97 Å². The normalized spacial score (nSPS) is 20.4. The van der Waals surface area contributed by atoms with Gasteiger partial charge in [-0.15, -0.1) is 0 Å². The number of carboxylic acid groups (broad SMARTS) is 1. The molecule has 2 N–H and O–H groups in total. The van der Waals surface area contributed by atoms with Crippen molar-refractivity contribution in [3.63, 3.8) is 0 Å². The fraction of sp³-hybridized carbons (Fsp3) is 0.571. The number of nitrogens with zero attached hydrogens (tertiary/aromatic N) is 1. The van der Waals surface area contributed by atoms with Crippen molar-refractivity contribution in [3.05, 3.63) is 35.4 Å². The summed E-state index contributed by atoms with van der Waals surface area (Å²) in [5.74, 6) is -0.519. The van der Waals surface area contributed by atoms with E-state index in [0.29, 0.717) is 19.4 Å². The maximum absolute atomic E-state index is 12.6. The fourth-order valence-electron chi connectivity index (χ4n) is 4.06. The van der Waals surface area contributed by atoms with Crippen LogP contribution in [0.5, 0.6) is 0 Å². The molecule has 0 radical (unpaired) electrons. The number of rotatable bonds is 6. The molecule has 27 heavy (non-hydrogen) atoms. The summed E-state index contributed by atoms with van der Waals surface area (Å²) in [4.78, 5) is 37.6. The first-order chi connectivity index (χ1) is 13.0. The number of hydrogen-bond acceptors (Lipinski definition) is 3. The summed E-state index contributed by atoms with van der Waals surface area (Å²) in [5, 5.41) is 11.9. The molecule has 1 saturated heterocycles. The van der Waals surface area contributed by atoms with Crippen LogP contribution in [-0.4, -0.2) is 46.9 Å². The molecular formula is C21H28N2O4. The molecule has 6 heteroatoms. The highest BCUT2D eigenvalue weighted by Crippen LogP contribution is 2.26. The summed E-state index contributed by atoms with van der Waals surface area (Å²) < 4.78 is 0. The monoisotopic (exact) mass is 372 g/mol. The smallest absolute Gasteiger partial charge is 0.335 e. The van der Waals surface area contributed by atoms with Gasteiger partial charge in [-0.1, -0.05) is 31.4 Å². The molecule has 6 nitrogen and oxygen atoms in total. The number of aryl methyl sites for hydroxylation is 1. The first-order valence-corrected chi connectivity index (χ1v) is 9.93. The lowest BCUT2D eigenvalue weighted by Gasteiger charge is -2.26. The number of amides is 2. The van der Waals surface area contributed by atoms with Crippen molar-refractivity contribution < 1.29 is 19.5 Å². The maximum Gasteiger partial charge on any atom is 0.335 e. The number of carbonyl (C=O) groups excluding carboxylic acids is 2. The summed E-state index contributed by atoms with van der Waals surface area (Å²) in [5.41, 5.74) is 1.19. The number of benzene rings is 1. The Morgan fingerprint density at radius 2 is 1.74 bits per heavy atom. The van der Waals surface area contributed by atoms with Gasteiger partial charge in [0.1, 0.15) is 0 Å². The zero-order valence-corrected chi connectivity index (χ0v) is 15.7. The van der Waals surface area contributed by atoms with Gasteiger partial charge < -0.3 is 15.3 Å². The Kier molecular flexibility index (Phi) is 6.48. The van der Waals surface area contributed by atoms with Gasteiger partial charge in [0, 0.05) is 31.5 Å². The second-order valence-electron chi connectivity index (χ2n) is 7.67. The molecule has 1 unspecified atom stereocenters. The van der Waals surface area contributed by atoms with Crippen molar-refractivity contribution in [1.82, 2.24) is 10.2 Å². The molecule has 1 heterocycles. The third-order valence-electron chi connectivity index (χ3n) is 5.66. The third-order valence-corrected chi connectivity index (χ3v) is 5.66. The average molecular weight is 372 g/mol. The molecule has 0 bridgehead atoms. The van der Waals surface area contributed by atoms with Gasteiger partial charge in [0.05, 0.1) is 5.56 Å². The molecule has 2 fully saturated rings. The molecule has 3 rings (SSSR count). The predicted octanol–water partition coefficient (Wildman–Crippen LogP) is 2.61. The minimum absolute atomic E-state index is 0.0192. The van der Waals surface area contributed by atoms with Crippen LogP contribution >= 0.6 is 0 Å². The van der Waals surface area contributed by atoms with E-state index in [-0.39, 0.29) is 29.3 Å². The second kappa shape index (κ2) is 9.02. The largest absolute Gasteiger partial charge is 0.478 e. The molecule has 146 valence electrons. The van der Waals surface area contributed by atoms with Crippen LogP contribution in [0.2, 0.25) is 0 Å². The molecule has 1 aromatic carbocycles. The molecule has 2 amide bonds. The Morgan fingerprint density at radius 3 is 2.41 bits per heavy atom. The summed E-state index contributed by atoms with van der Waals surface area (Å²) in [6.45, 7) is 1.35. The van der Waals surface area contributed by atoms with Crippen molar-refractivity contribution >= 4 is 17.8 Å². The van der Waals surface area contributed by atoms with E-state index in [1.807, 2.05) is 4.90 Å². The number of carbonyl (C=O) groups is 3. The highest BCUT2D eigenvalue weighted by atomic mass is 16.4. The lowest BCUT2D eigenvalue weighted by molar-refractivity contribution is -0.135. The lowest BCUT2D eigenvalue weighted by atomic mass is 9.88. The Bertz CT molecular complexity index is 680. The minimum atomic E-state index is -0.951. The molecule has 0 aromatic heterocycles. The van der Waals surface area contributed by atoms with Crippen molar-refractivity contribution in [2.24, 2.45) is 5.92 Å². The van der Waals surface area contributed by atoms with Gasteiger partial charge in [-0.3, -0.25) is 9.59 Å². The van der Waals surface area contributed by atoms with E-state index in [9.17, 15) is 14.4 Å². The van der Waals surface area contributed by atoms with Gasteiger partial charge in [0.2, 0.25) is 11.8 Å². The van der Waals surface area contributed by atoms with Crippen LogP contribution in [0, 0.1) is 5.92 Å². The van der Waals surface area contributed by atoms with Crippen LogP contribution in [0.1, 0.15) is 60.9 Å². The summed E-state index contributed by atoms with van der Waals surface area (Å²) >= 11 is 0. The summed E-state index contributed by atoms with van der Waals surface area (Å²) in [6.07, 6.45) is 7.30. The number of aromatic carboxylic acids is 1. The van der Waals surface area contributed by atoms with Crippen LogP contribution < -0.4 is 5.32 Å². The topological polar surface area (TPSA) is 86.7 Å². The number of likely N-dealkylation sites (tertiary alicyclic amines) is 1. The SMILES string of the molecule is O=C(CCc1ccc(C(=O)O)cc1)NC1CCN(C(=O)C2CCCCC2)C1. The highest BCUT2D eigenvalue weighted by molar-refractivity contribution is 5.87. The minimum Gasteiger partial charge on any atom is -0.478 e. The zero-order valence-electron chi connectivity index (χ0n) is 15.7. The van der Waals surface area contributed by atoms with Gasteiger partial charge in [-0.2, -0.15) is 0 Å². The van der Waals surface area contributed by atoms with Gasteiger partial charge in [0.25, 0.3) is 0 Å². The van der Waals surface area contributed by atoms with E-state index in [0.717, 1.165) is 44.2 Å². The van der Waals surface area contributed by atoms with E-state index >= 15 is 0 Å². The van der Waals surface area contributed by atoms with Crippen LogP contribution in [0.4, 0.5) is 0 Å². The zero-order chi connectivity index (χ0) is 19.2. The summed E-state index contributed by atoms with van der Waals surface area (Å²) in [6, 6.07) is 6.65. The second-order valence-corrected chi connectivity index (χ2v) is 7.67. The van der Waals surface area contributed by atoms with Crippen molar-refractivity contribution in [2.45, 2.75) is 57.4 Å². The first-order valence-electron chi connectivity index (χ1n) is 9.93. The average Bonchev–Trinajstić information content (AvgIpc) is 3.15. The van der Waals surface area contributed by atoms with Crippen LogP contribution in [0.25, 0.3) is 0 Å². The van der Waals surface area contributed by atoms with Crippen molar-refractivity contribution in [3.8, 4) is 0 Å². The molecule has 1 aliphatic heterocycles. The fourth-order valence-corrected chi connectivity index (χ4v) is 4.06. The van der Waals surface area contributed by atoms with E-state index in [1.54, 1.807) is 24.3 Å². The quantitative estimate of drug-likeness (QED) is 0.804. The molecule has 1 aromatic rings. The molecular weight excluding hydrogens is 344 g/mol. The van der Waals surface area contributed by atoms with E-state index in [2.05, 4.69) is 5.32 Å². The molecule has 2 aliphatic rings. The van der Waals surface area contributed by atoms with E-state index < -0.39 is 5.97 Å². The van der Waals surface area contributed by atoms with Gasteiger partial charge in [-0.25, -0.2) is 4.79 Å². The Hall–Kier alpha value is -2.37. The third kappa shape index (κ3) is 5.31. The number of hydrogen-bond donors (Lipinski definition) is 2. The Morgan fingerprint density at radius 1 is 1.04 bits per heavy atom. The molecule has 0 spiro atoms. The lowest BCUT2D eigenvalue weighted by Crippen LogP contribution is -2.40. The molecule has 1 atom stereocenters. The van der Waals surface area contributed by atoms with Gasteiger partial charge in [0.15, 0.2) is 0 Å². The van der Waals surface area contributed by atoms with Crippen molar-refractivity contribution in [2.75, 3.05) is 13.1 Å². The van der Waals surface area contributed by atoms with E-state index in [4.69, 9.17) is 5.11 Å². The van der Waals surface area contributed by atoms with Crippen LogP contribution in [0.3, 0.4) is 0 Å². The highest BCUT2D eigenvalue weighted by Gasteiger charge is 2.31. The molecule has 1 saturated carbocycles. The van der Waals surface area contributed by atoms with Crippen LogP contribution in [-0.2, 0) is 16.0 Å². The predicted molar refractivity (Wildman–Crippen MR) is 101 cm³/mol. The number of nitrogens with one attached hydrogen (secondary N) is 1. The van der Waals surface area contributed by atoms with Gasteiger partial charge in [-0.05, 0) is 43.4 Å². The number of carboxylic acids is 1. The summed E-state index contributed by atoms with van der Waals surface area (Å²) in [7, 11) is 0. The van der Waals surface area contributed by atoms with E-state index in [1.165, 1.54) is 6.42 Å². The first kappa shape index (κ1) is 19.4. The standard InChI is InChI=1S/C21H28N2O4/c24-19(11-8-15-6-9-17(10-7-15)21(26)27)22-18-12-13-23(14-18)20(25)16-4-2-1-3-5-16/h6-7,9-10,16,18H,1-5,8,11-14H2,(H,22,24)(H,26,27).